The zero-order chi connectivity index (χ0) is 13.0. The maximum atomic E-state index is 11.9. The quantitative estimate of drug-likeness (QED) is 0.558. The highest BCUT2D eigenvalue weighted by Gasteiger charge is 2.24. The van der Waals surface area contributed by atoms with Gasteiger partial charge in [-0.1, -0.05) is 48.6 Å². The average Bonchev–Trinajstić information content (AvgIpc) is 3.02. The molecule has 2 aliphatic carbocycles. The van der Waals surface area contributed by atoms with Gasteiger partial charge in [-0.25, -0.2) is 4.79 Å². The van der Waals surface area contributed by atoms with Gasteiger partial charge in [-0.3, -0.25) is 0 Å². The topological polar surface area (TPSA) is 26.3 Å². The molecule has 0 fully saturated rings. The van der Waals surface area contributed by atoms with E-state index in [1.807, 2.05) is 38.2 Å². The van der Waals surface area contributed by atoms with Gasteiger partial charge in [0, 0.05) is 17.4 Å². The minimum atomic E-state index is -0.213. The lowest BCUT2D eigenvalue weighted by Gasteiger charge is -2.19. The minimum absolute atomic E-state index is 0.201. The predicted octanol–water partition coefficient (Wildman–Crippen LogP) is 3.35. The molecule has 0 radical (unpaired) electrons. The Morgan fingerprint density at radius 3 is 1.83 bits per heavy atom. The van der Waals surface area contributed by atoms with Crippen molar-refractivity contribution in [1.29, 1.82) is 0 Å². The van der Waals surface area contributed by atoms with Gasteiger partial charge in [0.05, 0.1) is 6.61 Å². The molecule has 0 aliphatic heterocycles. The largest absolute Gasteiger partial charge is 0.463 e. The number of carbonyl (C=O) groups is 1. The third-order valence-electron chi connectivity index (χ3n) is 3.23. The summed E-state index contributed by atoms with van der Waals surface area (Å²) >= 11 is 0. The van der Waals surface area contributed by atoms with Crippen molar-refractivity contribution in [2.45, 2.75) is 13.8 Å². The molecule has 0 aromatic heterocycles. The number of hydrogen-bond donors (Lipinski definition) is 0. The predicted molar refractivity (Wildman–Crippen MR) is 72.9 cm³/mol. The summed E-state index contributed by atoms with van der Waals surface area (Å²) in [5.41, 5.74) is 1.84. The second-order valence-electron chi connectivity index (χ2n) is 4.39. The number of rotatable bonds is 4. The van der Waals surface area contributed by atoms with Crippen molar-refractivity contribution in [3.05, 3.63) is 59.8 Å². The molecule has 0 heterocycles. The van der Waals surface area contributed by atoms with E-state index in [0.29, 0.717) is 6.61 Å². The van der Waals surface area contributed by atoms with Gasteiger partial charge in [-0.15, -0.1) is 0 Å². The van der Waals surface area contributed by atoms with E-state index in [2.05, 4.69) is 24.3 Å². The molecule has 0 unspecified atom stereocenters. The van der Waals surface area contributed by atoms with Gasteiger partial charge in [-0.2, -0.15) is 0 Å². The Bertz CT molecular complexity index is 421. The van der Waals surface area contributed by atoms with E-state index in [0.717, 1.165) is 11.1 Å². The molecule has 2 aliphatic rings. The number of carbonyl (C=O) groups excluding carboxylic acids is 1. The van der Waals surface area contributed by atoms with Crippen LogP contribution in [0, 0.1) is 11.8 Å². The Hall–Kier alpha value is -1.83. The number of esters is 1. The fourth-order valence-corrected chi connectivity index (χ4v) is 2.36. The van der Waals surface area contributed by atoms with E-state index in [1.165, 1.54) is 0 Å². The van der Waals surface area contributed by atoms with Crippen LogP contribution in [0.1, 0.15) is 13.8 Å². The van der Waals surface area contributed by atoms with Crippen LogP contribution in [0.4, 0.5) is 0 Å². The molecule has 18 heavy (non-hydrogen) atoms. The van der Waals surface area contributed by atoms with Crippen molar-refractivity contribution < 1.29 is 9.53 Å². The van der Waals surface area contributed by atoms with Gasteiger partial charge >= 0.3 is 5.97 Å². The Morgan fingerprint density at radius 2 is 1.44 bits per heavy atom. The third-order valence-corrected chi connectivity index (χ3v) is 3.23. The maximum absolute atomic E-state index is 11.9. The van der Waals surface area contributed by atoms with Crippen LogP contribution in [0.15, 0.2) is 59.8 Å². The molecule has 0 aromatic carbocycles. The monoisotopic (exact) mass is 242 g/mol. The number of hydrogen-bond acceptors (Lipinski definition) is 2. The second kappa shape index (κ2) is 5.67. The lowest BCUT2D eigenvalue weighted by atomic mass is 9.85. The van der Waals surface area contributed by atoms with Crippen LogP contribution in [0.2, 0.25) is 0 Å². The molecule has 94 valence electrons. The first-order chi connectivity index (χ1) is 8.74. The molecule has 2 nitrogen and oxygen atoms in total. The second-order valence-corrected chi connectivity index (χ2v) is 4.39. The summed E-state index contributed by atoms with van der Waals surface area (Å²) in [6, 6.07) is 0. The summed E-state index contributed by atoms with van der Waals surface area (Å²) in [5, 5.41) is 0. The van der Waals surface area contributed by atoms with Gasteiger partial charge in [0.2, 0.25) is 0 Å². The first-order valence-electron chi connectivity index (χ1n) is 6.31. The molecule has 0 atom stereocenters. The summed E-state index contributed by atoms with van der Waals surface area (Å²) in [6.07, 6.45) is 16.5. The van der Waals surface area contributed by atoms with Crippen LogP contribution < -0.4 is 0 Å². The van der Waals surface area contributed by atoms with Crippen molar-refractivity contribution in [3.63, 3.8) is 0 Å². The van der Waals surface area contributed by atoms with Crippen LogP contribution in [-0.4, -0.2) is 12.6 Å². The fourth-order valence-electron chi connectivity index (χ4n) is 2.36. The summed E-state index contributed by atoms with van der Waals surface area (Å²) < 4.78 is 5.11. The van der Waals surface area contributed by atoms with Crippen LogP contribution in [0.3, 0.4) is 0 Å². The molecule has 2 heteroatoms. The molecular weight excluding hydrogens is 224 g/mol. The molecule has 0 aromatic rings. The Balaban J connectivity index is 2.34. The summed E-state index contributed by atoms with van der Waals surface area (Å²) in [4.78, 5) is 11.9. The molecule has 0 amide bonds. The molecule has 0 N–H and O–H groups in total. The van der Waals surface area contributed by atoms with Crippen LogP contribution in [0.25, 0.3) is 0 Å². The lowest BCUT2D eigenvalue weighted by Crippen LogP contribution is -2.14. The molecule has 2 rings (SSSR count). The average molecular weight is 242 g/mol. The van der Waals surface area contributed by atoms with E-state index >= 15 is 0 Å². The van der Waals surface area contributed by atoms with Gasteiger partial charge in [0.25, 0.3) is 0 Å². The van der Waals surface area contributed by atoms with Gasteiger partial charge in [0.15, 0.2) is 0 Å². The summed E-state index contributed by atoms with van der Waals surface area (Å²) in [6.45, 7) is 4.10. The highest BCUT2D eigenvalue weighted by molar-refractivity contribution is 5.89. The highest BCUT2D eigenvalue weighted by Crippen LogP contribution is 2.32. The van der Waals surface area contributed by atoms with Gasteiger partial charge in [0.1, 0.15) is 0 Å². The van der Waals surface area contributed by atoms with Gasteiger partial charge < -0.3 is 4.74 Å². The van der Waals surface area contributed by atoms with E-state index in [-0.39, 0.29) is 17.8 Å². The van der Waals surface area contributed by atoms with Crippen molar-refractivity contribution in [2.24, 2.45) is 11.8 Å². The zero-order valence-corrected chi connectivity index (χ0v) is 10.8. The smallest absolute Gasteiger partial charge is 0.333 e. The Morgan fingerprint density at radius 1 is 1.00 bits per heavy atom. The molecule has 0 bridgehead atoms. The maximum Gasteiger partial charge on any atom is 0.333 e. The van der Waals surface area contributed by atoms with Crippen molar-refractivity contribution >= 4 is 5.97 Å². The summed E-state index contributed by atoms with van der Waals surface area (Å²) in [5.74, 6) is 0.188. The van der Waals surface area contributed by atoms with Crippen LogP contribution in [-0.2, 0) is 9.53 Å². The highest BCUT2D eigenvalue weighted by atomic mass is 16.5. The van der Waals surface area contributed by atoms with E-state index in [9.17, 15) is 4.79 Å². The van der Waals surface area contributed by atoms with Crippen molar-refractivity contribution in [2.75, 3.05) is 6.61 Å². The molecular formula is C16H18O2. The Labute approximate surface area is 108 Å². The van der Waals surface area contributed by atoms with E-state index in [4.69, 9.17) is 4.74 Å². The van der Waals surface area contributed by atoms with Crippen molar-refractivity contribution in [3.8, 4) is 0 Å². The molecule has 0 saturated heterocycles. The third kappa shape index (κ3) is 2.53. The number of ether oxygens (including phenoxy) is 1. The standard InChI is InChI=1S/C16H18O2/c1-3-18-16(17)12(2)15(13-8-4-5-9-13)14-10-6-7-11-14/h4-11,13-14H,3H2,1-2H3. The van der Waals surface area contributed by atoms with Crippen LogP contribution >= 0.6 is 0 Å². The Kier molecular flexibility index (Phi) is 3.98. The van der Waals surface area contributed by atoms with Crippen molar-refractivity contribution in [1.82, 2.24) is 0 Å². The summed E-state index contributed by atoms with van der Waals surface area (Å²) in [7, 11) is 0. The van der Waals surface area contributed by atoms with Gasteiger partial charge in [-0.05, 0) is 19.4 Å². The fraction of sp³-hybridized carbons (Fsp3) is 0.312. The first kappa shape index (κ1) is 12.6. The minimum Gasteiger partial charge on any atom is -0.463 e. The molecule has 0 saturated carbocycles. The van der Waals surface area contributed by atoms with Crippen LogP contribution in [0.5, 0.6) is 0 Å². The molecule has 0 spiro atoms. The number of allylic oxidation sites excluding steroid dienone is 9. The lowest BCUT2D eigenvalue weighted by molar-refractivity contribution is -0.138. The van der Waals surface area contributed by atoms with E-state index in [1.54, 1.807) is 0 Å². The van der Waals surface area contributed by atoms with E-state index < -0.39 is 0 Å². The first-order valence-corrected chi connectivity index (χ1v) is 6.31. The normalized spacial score (nSPS) is 17.7. The SMILES string of the molecule is CCOC(=O)C(C)=C(C1C=CC=C1)C1C=CC=C1. The zero-order valence-electron chi connectivity index (χ0n) is 10.8.